The molecule has 0 atom stereocenters. The van der Waals surface area contributed by atoms with E-state index < -0.39 is 0 Å². The number of tetrazole rings is 1. The Hall–Kier alpha value is -2.94. The fraction of sp³-hybridized carbons (Fsp3) is 0.125. The Balaban J connectivity index is 1.43. The Morgan fingerprint density at radius 2 is 2.12 bits per heavy atom. The number of halogens is 1. The molecule has 0 aliphatic carbocycles. The zero-order valence-electron chi connectivity index (χ0n) is 12.9. The first-order valence-corrected chi connectivity index (χ1v) is 8.38. The van der Waals surface area contributed by atoms with Gasteiger partial charge in [0.15, 0.2) is 0 Å². The van der Waals surface area contributed by atoms with Crippen LogP contribution in [0, 0.1) is 5.82 Å². The summed E-state index contributed by atoms with van der Waals surface area (Å²) < 4.78 is 25.7. The summed E-state index contributed by atoms with van der Waals surface area (Å²) in [7, 11) is 0. The number of hydrogen-bond donors (Lipinski definition) is 0. The number of aromatic nitrogens is 5. The highest BCUT2D eigenvalue weighted by Gasteiger charge is 2.12. The summed E-state index contributed by atoms with van der Waals surface area (Å²) in [5.74, 6) is 1.34. The van der Waals surface area contributed by atoms with Crippen molar-refractivity contribution in [1.82, 2.24) is 25.2 Å². The second-order valence-electron chi connectivity index (χ2n) is 5.14. The SMILES string of the molecule is Fc1cccc(-c2nc(CSc3nnnn3Cc3ccco3)co2)c1. The predicted molar refractivity (Wildman–Crippen MR) is 87.1 cm³/mol. The number of hydrogen-bond acceptors (Lipinski definition) is 7. The summed E-state index contributed by atoms with van der Waals surface area (Å²) in [5.41, 5.74) is 1.32. The van der Waals surface area contributed by atoms with E-state index in [0.717, 1.165) is 11.5 Å². The van der Waals surface area contributed by atoms with Gasteiger partial charge in [0.1, 0.15) is 24.4 Å². The van der Waals surface area contributed by atoms with Crippen molar-refractivity contribution in [3.05, 3.63) is 66.2 Å². The van der Waals surface area contributed by atoms with Crippen molar-refractivity contribution in [3.63, 3.8) is 0 Å². The van der Waals surface area contributed by atoms with Gasteiger partial charge in [0.2, 0.25) is 11.0 Å². The van der Waals surface area contributed by atoms with Crippen LogP contribution >= 0.6 is 11.8 Å². The van der Waals surface area contributed by atoms with Gasteiger partial charge < -0.3 is 8.83 Å². The molecule has 4 aromatic rings. The Kier molecular flexibility index (Phi) is 4.30. The predicted octanol–water partition coefficient (Wildman–Crippen LogP) is 3.40. The van der Waals surface area contributed by atoms with Gasteiger partial charge >= 0.3 is 0 Å². The molecule has 0 spiro atoms. The van der Waals surface area contributed by atoms with E-state index in [2.05, 4.69) is 20.5 Å². The van der Waals surface area contributed by atoms with Crippen LogP contribution in [0.15, 0.2) is 62.9 Å². The molecule has 4 rings (SSSR count). The molecule has 0 fully saturated rings. The molecule has 0 aliphatic rings. The average Bonchev–Trinajstić information content (AvgIpc) is 3.36. The van der Waals surface area contributed by atoms with Crippen LogP contribution in [-0.2, 0) is 12.3 Å². The molecule has 0 amide bonds. The zero-order valence-corrected chi connectivity index (χ0v) is 13.7. The van der Waals surface area contributed by atoms with Crippen molar-refractivity contribution in [2.75, 3.05) is 0 Å². The van der Waals surface area contributed by atoms with Crippen LogP contribution in [-0.4, -0.2) is 25.2 Å². The number of benzene rings is 1. The Morgan fingerprint density at radius 1 is 1.16 bits per heavy atom. The van der Waals surface area contributed by atoms with E-state index in [0.29, 0.717) is 28.9 Å². The third-order valence-electron chi connectivity index (χ3n) is 3.36. The number of furan rings is 1. The van der Waals surface area contributed by atoms with Crippen LogP contribution in [0.5, 0.6) is 0 Å². The highest BCUT2D eigenvalue weighted by atomic mass is 32.2. The monoisotopic (exact) mass is 357 g/mol. The van der Waals surface area contributed by atoms with Crippen molar-refractivity contribution >= 4 is 11.8 Å². The lowest BCUT2D eigenvalue weighted by Crippen LogP contribution is -2.03. The Morgan fingerprint density at radius 3 is 2.96 bits per heavy atom. The molecule has 7 nitrogen and oxygen atoms in total. The molecule has 126 valence electrons. The maximum absolute atomic E-state index is 13.3. The van der Waals surface area contributed by atoms with Gasteiger partial charge in [-0.1, -0.05) is 17.8 Å². The van der Waals surface area contributed by atoms with E-state index in [1.54, 1.807) is 29.3 Å². The molecule has 3 heterocycles. The molecule has 0 N–H and O–H groups in total. The molecule has 9 heteroatoms. The molecule has 0 radical (unpaired) electrons. The first-order chi connectivity index (χ1) is 12.3. The van der Waals surface area contributed by atoms with Crippen LogP contribution in [0.25, 0.3) is 11.5 Å². The minimum Gasteiger partial charge on any atom is -0.467 e. The number of thioether (sulfide) groups is 1. The second kappa shape index (κ2) is 6.89. The number of rotatable bonds is 6. The molecule has 25 heavy (non-hydrogen) atoms. The van der Waals surface area contributed by atoms with E-state index in [4.69, 9.17) is 8.83 Å². The molecular formula is C16H12FN5O2S. The lowest BCUT2D eigenvalue weighted by Gasteiger charge is -2.00. The third kappa shape index (κ3) is 3.61. The Labute approximate surface area is 145 Å². The molecule has 3 aromatic heterocycles. The normalized spacial score (nSPS) is 11.1. The van der Waals surface area contributed by atoms with Crippen LogP contribution < -0.4 is 0 Å². The van der Waals surface area contributed by atoms with Crippen molar-refractivity contribution in [1.29, 1.82) is 0 Å². The highest BCUT2D eigenvalue weighted by molar-refractivity contribution is 7.98. The lowest BCUT2D eigenvalue weighted by molar-refractivity contribution is 0.462. The molecule has 0 bridgehead atoms. The summed E-state index contributed by atoms with van der Waals surface area (Å²) in [4.78, 5) is 4.38. The Bertz CT molecular complexity index is 967. The molecule has 1 aromatic carbocycles. The fourth-order valence-corrected chi connectivity index (χ4v) is 2.97. The summed E-state index contributed by atoms with van der Waals surface area (Å²) in [6, 6.07) is 9.80. The van der Waals surface area contributed by atoms with Crippen molar-refractivity contribution in [2.24, 2.45) is 0 Å². The van der Waals surface area contributed by atoms with Gasteiger partial charge in [-0.2, -0.15) is 0 Å². The maximum Gasteiger partial charge on any atom is 0.226 e. The van der Waals surface area contributed by atoms with Crippen molar-refractivity contribution in [2.45, 2.75) is 17.5 Å². The van der Waals surface area contributed by atoms with Gasteiger partial charge in [-0.3, -0.25) is 0 Å². The van der Waals surface area contributed by atoms with Gasteiger partial charge in [-0.15, -0.1) is 5.10 Å². The van der Waals surface area contributed by atoms with Gasteiger partial charge in [-0.05, 0) is 40.8 Å². The van der Waals surface area contributed by atoms with Crippen LogP contribution in [0.3, 0.4) is 0 Å². The van der Waals surface area contributed by atoms with Crippen LogP contribution in [0.4, 0.5) is 4.39 Å². The van der Waals surface area contributed by atoms with Crippen LogP contribution in [0.2, 0.25) is 0 Å². The summed E-state index contributed by atoms with van der Waals surface area (Å²) in [5, 5.41) is 12.3. The fourth-order valence-electron chi connectivity index (χ4n) is 2.22. The smallest absolute Gasteiger partial charge is 0.226 e. The van der Waals surface area contributed by atoms with Gasteiger partial charge in [0, 0.05) is 11.3 Å². The molecule has 0 unspecified atom stereocenters. The minimum atomic E-state index is -0.330. The second-order valence-corrected chi connectivity index (χ2v) is 6.08. The third-order valence-corrected chi connectivity index (χ3v) is 4.35. The molecule has 0 saturated carbocycles. The molecule has 0 aliphatic heterocycles. The quantitative estimate of drug-likeness (QED) is 0.489. The van der Waals surface area contributed by atoms with E-state index in [1.807, 2.05) is 12.1 Å². The standard InChI is InChI=1S/C16H12FN5O2S/c17-12-4-1-3-11(7-12)15-18-13(9-24-15)10-25-16-19-20-21-22(16)8-14-5-2-6-23-14/h1-7,9H,8,10H2. The number of nitrogens with zero attached hydrogens (tertiary/aromatic N) is 5. The molecular weight excluding hydrogens is 345 g/mol. The van der Waals surface area contributed by atoms with E-state index in [-0.39, 0.29) is 5.82 Å². The van der Waals surface area contributed by atoms with Crippen molar-refractivity contribution < 1.29 is 13.2 Å². The van der Waals surface area contributed by atoms with Crippen LogP contribution in [0.1, 0.15) is 11.5 Å². The lowest BCUT2D eigenvalue weighted by atomic mass is 10.2. The largest absolute Gasteiger partial charge is 0.467 e. The first kappa shape index (κ1) is 15.6. The van der Waals surface area contributed by atoms with Crippen molar-refractivity contribution in [3.8, 4) is 11.5 Å². The van der Waals surface area contributed by atoms with E-state index in [9.17, 15) is 4.39 Å². The summed E-state index contributed by atoms with van der Waals surface area (Å²) in [6.45, 7) is 0.454. The zero-order chi connectivity index (χ0) is 17.1. The average molecular weight is 357 g/mol. The maximum atomic E-state index is 13.3. The molecule has 0 saturated heterocycles. The minimum absolute atomic E-state index is 0.330. The number of oxazole rings is 1. The first-order valence-electron chi connectivity index (χ1n) is 7.39. The van der Waals surface area contributed by atoms with E-state index in [1.165, 1.54) is 23.9 Å². The van der Waals surface area contributed by atoms with Gasteiger partial charge in [-0.25, -0.2) is 14.1 Å². The summed E-state index contributed by atoms with van der Waals surface area (Å²) >= 11 is 1.43. The van der Waals surface area contributed by atoms with E-state index >= 15 is 0 Å². The summed E-state index contributed by atoms with van der Waals surface area (Å²) in [6.07, 6.45) is 3.16. The highest BCUT2D eigenvalue weighted by Crippen LogP contribution is 2.24. The topological polar surface area (TPSA) is 82.8 Å². The van der Waals surface area contributed by atoms with Gasteiger partial charge in [0.05, 0.1) is 12.0 Å². The van der Waals surface area contributed by atoms with Gasteiger partial charge in [0.25, 0.3) is 0 Å².